The summed E-state index contributed by atoms with van der Waals surface area (Å²) in [5, 5.41) is 5.10. The molecule has 3 amide bonds. The molecule has 0 radical (unpaired) electrons. The van der Waals surface area contributed by atoms with E-state index in [-0.39, 0.29) is 28.3 Å². The van der Waals surface area contributed by atoms with Crippen LogP contribution in [0.2, 0.25) is 10.0 Å². The van der Waals surface area contributed by atoms with Crippen LogP contribution in [0.1, 0.15) is 21.9 Å². The smallest absolute Gasteiger partial charge is 0.308 e. The van der Waals surface area contributed by atoms with Crippen LogP contribution in [0.5, 0.6) is 0 Å². The highest BCUT2D eigenvalue weighted by molar-refractivity contribution is 8.00. The van der Waals surface area contributed by atoms with Crippen molar-refractivity contribution in [2.75, 3.05) is 10.2 Å². The van der Waals surface area contributed by atoms with Gasteiger partial charge < -0.3 is 5.32 Å². The second-order valence-corrected chi connectivity index (χ2v) is 13.7. The first-order valence-electron chi connectivity index (χ1n) is 13.8. The van der Waals surface area contributed by atoms with Crippen LogP contribution in [0.15, 0.2) is 94.7 Å². The molecule has 0 aliphatic carbocycles. The Morgan fingerprint density at radius 3 is 2.41 bits per heavy atom. The zero-order valence-corrected chi connectivity index (χ0v) is 26.3. The van der Waals surface area contributed by atoms with E-state index in [9.17, 15) is 19.2 Å². The van der Waals surface area contributed by atoms with Gasteiger partial charge in [-0.1, -0.05) is 106 Å². The third-order valence-electron chi connectivity index (χ3n) is 7.99. The summed E-state index contributed by atoms with van der Waals surface area (Å²) in [5.74, 6) is -2.68. The van der Waals surface area contributed by atoms with E-state index in [1.807, 2.05) is 61.5 Å². The van der Waals surface area contributed by atoms with Crippen LogP contribution in [0.4, 0.5) is 11.4 Å². The van der Waals surface area contributed by atoms with Crippen molar-refractivity contribution >= 4 is 86.2 Å². The number of aromatic nitrogens is 1. The van der Waals surface area contributed by atoms with Crippen molar-refractivity contribution in [1.82, 2.24) is 4.57 Å². The van der Waals surface area contributed by atoms with E-state index in [0.717, 1.165) is 39.4 Å². The van der Waals surface area contributed by atoms with Crippen LogP contribution >= 0.6 is 46.3 Å². The van der Waals surface area contributed by atoms with E-state index in [1.165, 1.54) is 9.47 Å². The number of imide groups is 1. The van der Waals surface area contributed by atoms with Crippen LogP contribution in [-0.4, -0.2) is 27.5 Å². The quantitative estimate of drug-likeness (QED) is 0.203. The Bertz CT molecular complexity index is 2060. The molecule has 7 rings (SSSR count). The molecule has 5 aromatic rings. The minimum atomic E-state index is -0.833. The molecule has 3 atom stereocenters. The van der Waals surface area contributed by atoms with Gasteiger partial charge in [-0.05, 0) is 53.6 Å². The maximum atomic E-state index is 14.1. The summed E-state index contributed by atoms with van der Waals surface area (Å²) in [5.41, 5.74) is 2.63. The van der Waals surface area contributed by atoms with Gasteiger partial charge in [0.15, 0.2) is 0 Å². The van der Waals surface area contributed by atoms with Gasteiger partial charge in [-0.25, -0.2) is 4.90 Å². The fourth-order valence-electron chi connectivity index (χ4n) is 5.91. The highest BCUT2D eigenvalue weighted by Gasteiger charge is 2.57. The monoisotopic (exact) mass is 659 g/mol. The van der Waals surface area contributed by atoms with Gasteiger partial charge in [-0.2, -0.15) is 0 Å². The molecule has 3 unspecified atom stereocenters. The Hall–Kier alpha value is -3.89. The van der Waals surface area contributed by atoms with Gasteiger partial charge in [0.05, 0.1) is 26.7 Å². The van der Waals surface area contributed by atoms with Crippen LogP contribution in [0.25, 0.3) is 10.8 Å². The van der Waals surface area contributed by atoms with E-state index >= 15 is 0 Å². The maximum Gasteiger partial charge on any atom is 0.308 e. The molecular formula is C33H23Cl2N3O4S2. The summed E-state index contributed by atoms with van der Waals surface area (Å²) in [6.07, 6.45) is 0. The molecule has 44 heavy (non-hydrogen) atoms. The minimum Gasteiger partial charge on any atom is -0.325 e. The molecule has 1 aromatic heterocycles. The molecular weight excluding hydrogens is 637 g/mol. The Morgan fingerprint density at radius 2 is 1.64 bits per heavy atom. The summed E-state index contributed by atoms with van der Waals surface area (Å²) in [4.78, 5) is 56.1. The summed E-state index contributed by atoms with van der Waals surface area (Å²) in [6, 6.07) is 25.7. The molecule has 1 fully saturated rings. The van der Waals surface area contributed by atoms with Crippen molar-refractivity contribution in [3.05, 3.63) is 121 Å². The molecule has 4 aromatic carbocycles. The zero-order chi connectivity index (χ0) is 30.7. The first-order chi connectivity index (χ1) is 21.2. The Kier molecular flexibility index (Phi) is 7.37. The molecule has 3 heterocycles. The van der Waals surface area contributed by atoms with E-state index in [0.29, 0.717) is 31.9 Å². The third-order valence-corrected chi connectivity index (χ3v) is 11.4. The van der Waals surface area contributed by atoms with Crippen molar-refractivity contribution in [1.29, 1.82) is 0 Å². The largest absolute Gasteiger partial charge is 0.325 e. The van der Waals surface area contributed by atoms with E-state index in [2.05, 4.69) is 5.32 Å². The number of anilines is 2. The van der Waals surface area contributed by atoms with Gasteiger partial charge in [0.2, 0.25) is 17.7 Å². The van der Waals surface area contributed by atoms with Crippen LogP contribution < -0.4 is 15.1 Å². The molecule has 0 bridgehead atoms. The number of fused-ring (bicyclic) bond motifs is 3. The molecule has 2 aliphatic heterocycles. The summed E-state index contributed by atoms with van der Waals surface area (Å²) in [7, 11) is 0. The molecule has 11 heteroatoms. The molecule has 2 aliphatic rings. The zero-order valence-electron chi connectivity index (χ0n) is 23.1. The van der Waals surface area contributed by atoms with Crippen molar-refractivity contribution in [3.63, 3.8) is 0 Å². The van der Waals surface area contributed by atoms with Gasteiger partial charge in [0.25, 0.3) is 0 Å². The number of nitrogens with zero attached hydrogens (tertiary/aromatic N) is 2. The van der Waals surface area contributed by atoms with E-state index < -0.39 is 23.0 Å². The molecule has 220 valence electrons. The number of thiazole rings is 1. The summed E-state index contributed by atoms with van der Waals surface area (Å²) >= 11 is 15.2. The van der Waals surface area contributed by atoms with Crippen molar-refractivity contribution in [2.45, 2.75) is 29.7 Å². The van der Waals surface area contributed by atoms with Gasteiger partial charge in [-0.3, -0.25) is 23.7 Å². The number of hydrogen-bond donors (Lipinski definition) is 1. The van der Waals surface area contributed by atoms with Crippen molar-refractivity contribution in [2.24, 2.45) is 5.92 Å². The highest BCUT2D eigenvalue weighted by Crippen LogP contribution is 2.55. The Morgan fingerprint density at radius 1 is 0.886 bits per heavy atom. The van der Waals surface area contributed by atoms with Crippen molar-refractivity contribution < 1.29 is 14.4 Å². The highest BCUT2D eigenvalue weighted by atomic mass is 35.5. The lowest BCUT2D eigenvalue weighted by molar-refractivity contribution is -0.122. The Balaban J connectivity index is 1.28. The number of carbonyl (C=O) groups is 3. The predicted octanol–water partition coefficient (Wildman–Crippen LogP) is 7.11. The van der Waals surface area contributed by atoms with Crippen LogP contribution in [-0.2, 0) is 20.9 Å². The summed E-state index contributed by atoms with van der Waals surface area (Å²) in [6.45, 7) is 1.67. The molecule has 0 saturated carbocycles. The molecule has 0 spiro atoms. The van der Waals surface area contributed by atoms with E-state index in [4.69, 9.17) is 23.2 Å². The number of hydrogen-bond acceptors (Lipinski definition) is 6. The van der Waals surface area contributed by atoms with Gasteiger partial charge >= 0.3 is 4.87 Å². The fraction of sp³-hybridized carbons (Fsp3) is 0.152. The average molecular weight is 661 g/mol. The lowest BCUT2D eigenvalue weighted by Crippen LogP contribution is -2.33. The van der Waals surface area contributed by atoms with E-state index in [1.54, 1.807) is 30.3 Å². The first kappa shape index (κ1) is 28.9. The van der Waals surface area contributed by atoms with Crippen molar-refractivity contribution in [3.8, 4) is 0 Å². The number of halogens is 2. The average Bonchev–Trinajstić information content (AvgIpc) is 3.45. The fourth-order valence-corrected chi connectivity index (χ4v) is 9.10. The van der Waals surface area contributed by atoms with Crippen LogP contribution in [0.3, 0.4) is 0 Å². The topological polar surface area (TPSA) is 88.5 Å². The second kappa shape index (κ2) is 11.2. The second-order valence-electron chi connectivity index (χ2n) is 10.8. The SMILES string of the molecule is Cc1ccc(N2C(=O)C3Sc4c(sc(=O)n4CC(=O)Nc4ccc5ccccc5c4)C(c4cccc(Cl)c4Cl)C3C2=O)cc1. The molecule has 7 nitrogen and oxygen atoms in total. The normalized spacial score (nSPS) is 19.2. The Labute approximate surface area is 270 Å². The van der Waals surface area contributed by atoms with Gasteiger partial charge in [0, 0.05) is 16.5 Å². The summed E-state index contributed by atoms with van der Waals surface area (Å²) < 4.78 is 1.38. The minimum absolute atomic E-state index is 0.256. The standard InChI is InChI=1S/C33H23Cl2N3O4S2/c1-17-9-13-21(14-10-17)38-30(40)26-25(22-7-4-8-23(34)27(22)35)29-32(43-28(26)31(38)41)37(33(42)44-29)16-24(39)36-20-12-11-18-5-2-3-6-19(18)15-20/h2-15,25-26,28H,16H2,1H3,(H,36,39). The number of amides is 3. The molecule has 1 N–H and O–H groups in total. The number of nitrogens with one attached hydrogen (secondary N) is 1. The number of rotatable bonds is 5. The predicted molar refractivity (Wildman–Crippen MR) is 176 cm³/mol. The lowest BCUT2D eigenvalue weighted by atomic mass is 9.83. The number of aryl methyl sites for hydroxylation is 1. The first-order valence-corrected chi connectivity index (χ1v) is 16.2. The number of benzene rings is 4. The lowest BCUT2D eigenvalue weighted by Gasteiger charge is -2.31. The molecule has 1 saturated heterocycles. The van der Waals surface area contributed by atoms with Gasteiger partial charge in [0.1, 0.15) is 11.8 Å². The third kappa shape index (κ3) is 4.84. The van der Waals surface area contributed by atoms with Gasteiger partial charge in [-0.15, -0.1) is 0 Å². The number of carbonyl (C=O) groups excluding carboxylic acids is 3. The van der Waals surface area contributed by atoms with Crippen LogP contribution in [0, 0.1) is 12.8 Å². The number of thioether (sulfide) groups is 1. The maximum absolute atomic E-state index is 14.1.